The number of nitrogens with two attached hydrogens (primary N) is 3. The fourth-order valence-corrected chi connectivity index (χ4v) is 2.13. The molecular formula is C15H26N6O8. The maximum absolute atomic E-state index is 12.3. The normalized spacial score (nSPS) is 14.6. The van der Waals surface area contributed by atoms with Crippen molar-refractivity contribution in [2.45, 2.75) is 50.4 Å². The molecule has 0 aromatic heterocycles. The van der Waals surface area contributed by atoms with Crippen LogP contribution in [0.1, 0.15) is 26.2 Å². The number of aliphatic hydroxyl groups excluding tert-OH is 1. The van der Waals surface area contributed by atoms with E-state index in [2.05, 4.69) is 16.0 Å². The van der Waals surface area contributed by atoms with Crippen LogP contribution in [0.15, 0.2) is 0 Å². The lowest BCUT2D eigenvalue weighted by atomic mass is 10.1. The maximum Gasteiger partial charge on any atom is 0.326 e. The van der Waals surface area contributed by atoms with E-state index < -0.39 is 72.7 Å². The lowest BCUT2D eigenvalue weighted by Gasteiger charge is -2.25. The Labute approximate surface area is 165 Å². The van der Waals surface area contributed by atoms with Crippen molar-refractivity contribution in [3.05, 3.63) is 0 Å². The Morgan fingerprint density at radius 3 is 1.90 bits per heavy atom. The van der Waals surface area contributed by atoms with Crippen molar-refractivity contribution in [2.24, 2.45) is 17.2 Å². The number of aliphatic hydroxyl groups is 1. The van der Waals surface area contributed by atoms with Crippen molar-refractivity contribution in [2.75, 3.05) is 6.54 Å². The number of nitrogens with one attached hydrogen (secondary N) is 3. The first-order valence-corrected chi connectivity index (χ1v) is 8.46. The molecule has 14 heteroatoms. The molecule has 0 saturated heterocycles. The summed E-state index contributed by atoms with van der Waals surface area (Å²) >= 11 is 0. The van der Waals surface area contributed by atoms with Crippen LogP contribution in [0.3, 0.4) is 0 Å². The molecule has 164 valence electrons. The highest BCUT2D eigenvalue weighted by Crippen LogP contribution is 2.02. The van der Waals surface area contributed by atoms with E-state index in [4.69, 9.17) is 22.3 Å². The average Bonchev–Trinajstić information content (AvgIpc) is 2.60. The van der Waals surface area contributed by atoms with E-state index in [1.165, 1.54) is 0 Å². The Bertz CT molecular complexity index is 653. The topological polar surface area (TPSA) is 257 Å². The molecule has 29 heavy (non-hydrogen) atoms. The van der Waals surface area contributed by atoms with Gasteiger partial charge in [0.25, 0.3) is 0 Å². The second-order valence-electron chi connectivity index (χ2n) is 6.13. The van der Waals surface area contributed by atoms with E-state index >= 15 is 0 Å². The van der Waals surface area contributed by atoms with E-state index in [0.29, 0.717) is 0 Å². The summed E-state index contributed by atoms with van der Waals surface area (Å²) in [6, 6.07) is -4.61. The number of aliphatic carboxylic acids is 1. The van der Waals surface area contributed by atoms with Crippen LogP contribution in [0.5, 0.6) is 0 Å². The number of amides is 5. The molecule has 0 aliphatic rings. The molecule has 0 bridgehead atoms. The van der Waals surface area contributed by atoms with Crippen LogP contribution in [0.2, 0.25) is 0 Å². The summed E-state index contributed by atoms with van der Waals surface area (Å²) in [4.78, 5) is 69.2. The van der Waals surface area contributed by atoms with Gasteiger partial charge >= 0.3 is 5.97 Å². The Balaban J connectivity index is 5.29. The van der Waals surface area contributed by atoms with Gasteiger partial charge in [0, 0.05) is 6.42 Å². The molecule has 0 heterocycles. The lowest BCUT2D eigenvalue weighted by molar-refractivity contribution is -0.143. The minimum Gasteiger partial charge on any atom is -0.480 e. The highest BCUT2D eigenvalue weighted by atomic mass is 16.4. The third-order valence-electron chi connectivity index (χ3n) is 3.60. The van der Waals surface area contributed by atoms with Gasteiger partial charge < -0.3 is 43.4 Å². The first-order chi connectivity index (χ1) is 13.4. The van der Waals surface area contributed by atoms with Crippen molar-refractivity contribution in [1.82, 2.24) is 16.0 Å². The van der Waals surface area contributed by atoms with E-state index in [1.807, 2.05) is 0 Å². The molecule has 0 rings (SSSR count). The van der Waals surface area contributed by atoms with Crippen molar-refractivity contribution >= 4 is 35.5 Å². The minimum absolute atomic E-state index is 0.312. The highest BCUT2D eigenvalue weighted by molar-refractivity contribution is 5.95. The van der Waals surface area contributed by atoms with Gasteiger partial charge in [-0.1, -0.05) is 0 Å². The van der Waals surface area contributed by atoms with Crippen LogP contribution in [0.25, 0.3) is 0 Å². The fourth-order valence-electron chi connectivity index (χ4n) is 2.13. The zero-order valence-electron chi connectivity index (χ0n) is 15.7. The molecule has 0 aliphatic carbocycles. The number of carboxylic acids is 1. The molecule has 5 amide bonds. The summed E-state index contributed by atoms with van der Waals surface area (Å²) in [6.07, 6.45) is -2.73. The maximum atomic E-state index is 12.3. The summed E-state index contributed by atoms with van der Waals surface area (Å²) < 4.78 is 0. The SMILES string of the molecule is CC(O)C(NC(=O)C(CC(N)=O)NC(=O)CN)C(=O)NC(CCC(N)=O)C(=O)O. The van der Waals surface area contributed by atoms with Gasteiger partial charge in [0.15, 0.2) is 0 Å². The number of rotatable bonds is 13. The largest absolute Gasteiger partial charge is 0.480 e. The monoisotopic (exact) mass is 418 g/mol. The molecule has 0 fully saturated rings. The summed E-state index contributed by atoms with van der Waals surface area (Å²) in [5.74, 6) is -6.06. The molecule has 0 aliphatic heterocycles. The summed E-state index contributed by atoms with van der Waals surface area (Å²) in [7, 11) is 0. The van der Waals surface area contributed by atoms with Gasteiger partial charge in [-0.05, 0) is 13.3 Å². The molecule has 0 radical (unpaired) electrons. The first kappa shape index (κ1) is 25.7. The molecular weight excluding hydrogens is 392 g/mol. The molecule has 0 aromatic carbocycles. The fraction of sp³-hybridized carbons (Fsp3) is 0.600. The highest BCUT2D eigenvalue weighted by Gasteiger charge is 2.32. The molecule has 0 saturated carbocycles. The quantitative estimate of drug-likeness (QED) is 0.142. The van der Waals surface area contributed by atoms with Gasteiger partial charge in [-0.3, -0.25) is 24.0 Å². The molecule has 0 aromatic rings. The zero-order valence-corrected chi connectivity index (χ0v) is 15.7. The number of carbonyl (C=O) groups excluding carboxylic acids is 5. The predicted molar refractivity (Wildman–Crippen MR) is 96.4 cm³/mol. The standard InChI is InChI=1S/C15H26N6O8/c1-6(22)12(14(27)20-7(15(28)29)2-3-9(17)23)21-13(26)8(4-10(18)24)19-11(25)5-16/h6-8,12,22H,2-5,16H2,1H3,(H2,17,23)(H2,18,24)(H,19,25)(H,20,27)(H,21,26)(H,28,29). The van der Waals surface area contributed by atoms with E-state index in [0.717, 1.165) is 6.92 Å². The van der Waals surface area contributed by atoms with Crippen molar-refractivity contribution < 1.29 is 39.0 Å². The van der Waals surface area contributed by atoms with Gasteiger partial charge in [0.1, 0.15) is 18.1 Å². The molecule has 4 atom stereocenters. The van der Waals surface area contributed by atoms with Gasteiger partial charge in [0.2, 0.25) is 29.5 Å². The summed E-state index contributed by atoms with van der Waals surface area (Å²) in [6.45, 7) is 0.661. The Hall–Kier alpha value is -3.26. The minimum atomic E-state index is -1.64. The smallest absolute Gasteiger partial charge is 0.326 e. The molecule has 4 unspecified atom stereocenters. The number of carboxylic acid groups (broad SMARTS) is 1. The summed E-state index contributed by atoms with van der Waals surface area (Å²) in [5, 5.41) is 25.2. The predicted octanol–water partition coefficient (Wildman–Crippen LogP) is -4.99. The third-order valence-corrected chi connectivity index (χ3v) is 3.60. The van der Waals surface area contributed by atoms with Crippen LogP contribution in [-0.2, 0) is 28.8 Å². The van der Waals surface area contributed by atoms with Gasteiger partial charge in [0.05, 0.1) is 19.1 Å². The van der Waals surface area contributed by atoms with Crippen molar-refractivity contribution in [1.29, 1.82) is 0 Å². The first-order valence-electron chi connectivity index (χ1n) is 8.46. The van der Waals surface area contributed by atoms with Gasteiger partial charge in [-0.25, -0.2) is 4.79 Å². The van der Waals surface area contributed by atoms with Crippen molar-refractivity contribution in [3.8, 4) is 0 Å². The lowest BCUT2D eigenvalue weighted by Crippen LogP contribution is -2.59. The second kappa shape index (κ2) is 12.2. The second-order valence-corrected chi connectivity index (χ2v) is 6.13. The number of hydrogen-bond acceptors (Lipinski definition) is 8. The molecule has 11 N–H and O–H groups in total. The van der Waals surface area contributed by atoms with Gasteiger partial charge in [-0.2, -0.15) is 0 Å². The van der Waals surface area contributed by atoms with E-state index in [-0.39, 0.29) is 12.8 Å². The van der Waals surface area contributed by atoms with Crippen LogP contribution in [0.4, 0.5) is 0 Å². The number of carbonyl (C=O) groups is 6. The van der Waals surface area contributed by atoms with Crippen molar-refractivity contribution in [3.63, 3.8) is 0 Å². The van der Waals surface area contributed by atoms with Crippen LogP contribution in [-0.4, -0.2) is 76.5 Å². The molecule has 14 nitrogen and oxygen atoms in total. The number of primary amides is 2. The Morgan fingerprint density at radius 2 is 1.48 bits per heavy atom. The third kappa shape index (κ3) is 10.0. The van der Waals surface area contributed by atoms with Crippen LogP contribution >= 0.6 is 0 Å². The van der Waals surface area contributed by atoms with Crippen LogP contribution in [0, 0.1) is 0 Å². The Morgan fingerprint density at radius 1 is 0.897 bits per heavy atom. The summed E-state index contributed by atoms with van der Waals surface area (Å²) in [5.41, 5.74) is 15.1. The average molecular weight is 418 g/mol. The zero-order chi connectivity index (χ0) is 22.7. The van der Waals surface area contributed by atoms with Crippen LogP contribution < -0.4 is 33.2 Å². The van der Waals surface area contributed by atoms with E-state index in [9.17, 15) is 33.9 Å². The number of hydrogen-bond donors (Lipinski definition) is 8. The van der Waals surface area contributed by atoms with Gasteiger partial charge in [-0.15, -0.1) is 0 Å². The molecule has 0 spiro atoms. The van der Waals surface area contributed by atoms with E-state index in [1.54, 1.807) is 0 Å². The Kier molecular flexibility index (Phi) is 10.9.